The van der Waals surface area contributed by atoms with Gasteiger partial charge in [0, 0.05) is 35.5 Å². The maximum absolute atomic E-state index is 12.7. The highest BCUT2D eigenvalue weighted by atomic mass is 32.2. The van der Waals surface area contributed by atoms with Crippen LogP contribution < -0.4 is 10.1 Å². The summed E-state index contributed by atoms with van der Waals surface area (Å²) >= 11 is 1.83. The Labute approximate surface area is 162 Å². The lowest BCUT2D eigenvalue weighted by Gasteiger charge is -2.12. The fraction of sp³-hybridized carbons (Fsp3) is 0.238. The number of nitrogens with zero attached hydrogens (tertiary/aromatic N) is 2. The Morgan fingerprint density at radius 1 is 1.30 bits per heavy atom. The van der Waals surface area contributed by atoms with Crippen LogP contribution in [0.1, 0.15) is 40.8 Å². The van der Waals surface area contributed by atoms with Gasteiger partial charge in [-0.25, -0.2) is 0 Å². The van der Waals surface area contributed by atoms with Crippen LogP contribution in [0.4, 0.5) is 5.69 Å². The molecule has 0 aliphatic carbocycles. The first kappa shape index (κ1) is 17.7. The van der Waals surface area contributed by atoms with Crippen molar-refractivity contribution >= 4 is 23.4 Å². The summed E-state index contributed by atoms with van der Waals surface area (Å²) in [6, 6.07) is 13.3. The van der Waals surface area contributed by atoms with Crippen LogP contribution in [-0.4, -0.2) is 21.6 Å². The van der Waals surface area contributed by atoms with E-state index < -0.39 is 0 Å². The number of anilines is 1. The zero-order valence-corrected chi connectivity index (χ0v) is 16.1. The minimum Gasteiger partial charge on any atom is -0.491 e. The molecule has 3 heterocycles. The van der Waals surface area contributed by atoms with E-state index in [4.69, 9.17) is 4.74 Å². The zero-order valence-electron chi connectivity index (χ0n) is 15.3. The Morgan fingerprint density at radius 2 is 2.19 bits per heavy atom. The molecule has 0 spiro atoms. The third-order valence-electron chi connectivity index (χ3n) is 4.34. The second-order valence-corrected chi connectivity index (χ2v) is 7.75. The van der Waals surface area contributed by atoms with Crippen molar-refractivity contribution in [2.45, 2.75) is 31.1 Å². The van der Waals surface area contributed by atoms with Crippen LogP contribution in [0, 0.1) is 0 Å². The fourth-order valence-corrected chi connectivity index (χ4v) is 4.47. The molecule has 0 saturated carbocycles. The Balaban J connectivity index is 1.53. The molecule has 1 aliphatic rings. The van der Waals surface area contributed by atoms with Gasteiger partial charge in [0.2, 0.25) is 0 Å². The Bertz CT molecular complexity index is 953. The molecule has 0 saturated heterocycles. The van der Waals surface area contributed by atoms with E-state index in [0.717, 1.165) is 22.7 Å². The molecule has 6 heteroatoms. The molecule has 0 fully saturated rings. The zero-order chi connectivity index (χ0) is 18.8. The summed E-state index contributed by atoms with van der Waals surface area (Å²) in [6.45, 7) is 3.93. The van der Waals surface area contributed by atoms with Gasteiger partial charge in [-0.2, -0.15) is 0 Å². The van der Waals surface area contributed by atoms with Crippen LogP contribution in [0.2, 0.25) is 0 Å². The number of ether oxygens (including phenoxy) is 1. The lowest BCUT2D eigenvalue weighted by Crippen LogP contribution is -2.13. The summed E-state index contributed by atoms with van der Waals surface area (Å²) in [5.41, 5.74) is 3.72. The number of aromatic nitrogens is 2. The van der Waals surface area contributed by atoms with Gasteiger partial charge in [-0.3, -0.25) is 9.78 Å². The fourth-order valence-electron chi connectivity index (χ4n) is 3.16. The third-order valence-corrected chi connectivity index (χ3v) is 5.60. The molecule has 3 aromatic rings. The summed E-state index contributed by atoms with van der Waals surface area (Å²) in [4.78, 5) is 16.9. The van der Waals surface area contributed by atoms with E-state index in [1.807, 2.05) is 62.3 Å². The second-order valence-electron chi connectivity index (χ2n) is 6.68. The number of carbonyl (C=O) groups is 1. The molecular weight excluding hydrogens is 358 g/mol. The van der Waals surface area contributed by atoms with E-state index in [1.54, 1.807) is 18.3 Å². The highest BCUT2D eigenvalue weighted by Crippen LogP contribution is 2.43. The van der Waals surface area contributed by atoms with Gasteiger partial charge in [0.05, 0.1) is 17.5 Å². The Kier molecular flexibility index (Phi) is 4.90. The molecule has 1 amide bonds. The molecule has 0 radical (unpaired) electrons. The number of benzene rings is 1. The largest absolute Gasteiger partial charge is 0.491 e. The molecular formula is C21H21N3O2S. The maximum Gasteiger partial charge on any atom is 0.255 e. The topological polar surface area (TPSA) is 56.1 Å². The molecule has 4 rings (SSSR count). The molecule has 27 heavy (non-hydrogen) atoms. The van der Waals surface area contributed by atoms with Crippen molar-refractivity contribution in [3.05, 3.63) is 77.9 Å². The van der Waals surface area contributed by atoms with Crippen LogP contribution in [0.15, 0.2) is 61.1 Å². The first-order valence-corrected chi connectivity index (χ1v) is 9.96. The number of pyridine rings is 1. The normalized spacial score (nSPS) is 15.6. The number of carbonyl (C=O) groups excluding carboxylic acids is 1. The Morgan fingerprint density at radius 3 is 2.96 bits per heavy atom. The van der Waals surface area contributed by atoms with Crippen LogP contribution in [-0.2, 0) is 5.75 Å². The van der Waals surface area contributed by atoms with Gasteiger partial charge >= 0.3 is 0 Å². The van der Waals surface area contributed by atoms with Crippen LogP contribution in [0.25, 0.3) is 0 Å². The summed E-state index contributed by atoms with van der Waals surface area (Å²) in [6.07, 6.45) is 5.77. The summed E-state index contributed by atoms with van der Waals surface area (Å²) < 4.78 is 7.89. The van der Waals surface area contributed by atoms with Crippen LogP contribution >= 0.6 is 11.8 Å². The van der Waals surface area contributed by atoms with E-state index in [0.29, 0.717) is 11.3 Å². The first-order valence-electron chi connectivity index (χ1n) is 8.91. The molecule has 1 aromatic carbocycles. The minimum absolute atomic E-state index is 0.0690. The van der Waals surface area contributed by atoms with Crippen molar-refractivity contribution in [1.29, 1.82) is 0 Å². The van der Waals surface area contributed by atoms with Gasteiger partial charge in [-0.05, 0) is 44.2 Å². The average molecular weight is 379 g/mol. The van der Waals surface area contributed by atoms with Crippen LogP contribution in [0.3, 0.4) is 0 Å². The van der Waals surface area contributed by atoms with Gasteiger partial charge < -0.3 is 14.6 Å². The highest BCUT2D eigenvalue weighted by Gasteiger charge is 2.27. The third kappa shape index (κ3) is 3.71. The van der Waals surface area contributed by atoms with E-state index in [-0.39, 0.29) is 17.4 Å². The van der Waals surface area contributed by atoms with Gasteiger partial charge in [-0.15, -0.1) is 11.8 Å². The molecule has 138 valence electrons. The lowest BCUT2D eigenvalue weighted by atomic mass is 10.2. The molecule has 1 N–H and O–H groups in total. The van der Waals surface area contributed by atoms with Crippen molar-refractivity contribution in [3.8, 4) is 5.75 Å². The highest BCUT2D eigenvalue weighted by molar-refractivity contribution is 7.99. The average Bonchev–Trinajstić information content (AvgIpc) is 3.25. The number of thioether (sulfide) groups is 1. The van der Waals surface area contributed by atoms with Crippen molar-refractivity contribution < 1.29 is 9.53 Å². The van der Waals surface area contributed by atoms with E-state index in [2.05, 4.69) is 20.9 Å². The minimum atomic E-state index is -0.131. The molecule has 1 atom stereocenters. The van der Waals surface area contributed by atoms with Crippen LogP contribution in [0.5, 0.6) is 5.75 Å². The first-order chi connectivity index (χ1) is 13.1. The maximum atomic E-state index is 12.7. The second kappa shape index (κ2) is 7.48. The lowest BCUT2D eigenvalue weighted by molar-refractivity contribution is 0.102. The Hall–Kier alpha value is -2.73. The molecule has 0 bridgehead atoms. The summed E-state index contributed by atoms with van der Waals surface area (Å²) in [7, 11) is 0. The van der Waals surface area contributed by atoms with E-state index in [9.17, 15) is 4.79 Å². The van der Waals surface area contributed by atoms with Gasteiger partial charge in [-0.1, -0.05) is 12.1 Å². The molecule has 5 nitrogen and oxygen atoms in total. The number of nitrogens with one attached hydrogen (secondary N) is 1. The van der Waals surface area contributed by atoms with E-state index in [1.165, 1.54) is 0 Å². The summed E-state index contributed by atoms with van der Waals surface area (Å²) in [5.74, 6) is 1.42. The van der Waals surface area contributed by atoms with Crippen molar-refractivity contribution in [2.24, 2.45) is 0 Å². The van der Waals surface area contributed by atoms with Gasteiger partial charge in [0.15, 0.2) is 0 Å². The molecule has 2 aromatic heterocycles. The number of hydrogen-bond donors (Lipinski definition) is 1. The quantitative estimate of drug-likeness (QED) is 0.697. The number of hydrogen-bond acceptors (Lipinski definition) is 4. The number of amides is 1. The van der Waals surface area contributed by atoms with E-state index >= 15 is 0 Å². The van der Waals surface area contributed by atoms with Gasteiger partial charge in [0.25, 0.3) is 5.91 Å². The smallest absolute Gasteiger partial charge is 0.255 e. The predicted octanol–water partition coefficient (Wildman–Crippen LogP) is 4.72. The summed E-state index contributed by atoms with van der Waals surface area (Å²) in [5, 5.41) is 3.24. The number of rotatable bonds is 5. The SMILES string of the molecule is CC(C)Oc1cccc(C(=O)Nc2ccn3c2CSC3c2cccnc2)c1. The van der Waals surface area contributed by atoms with Crippen molar-refractivity contribution in [3.63, 3.8) is 0 Å². The van der Waals surface area contributed by atoms with Crippen molar-refractivity contribution in [2.75, 3.05) is 5.32 Å². The standard InChI is InChI=1S/C21H21N3O2S/c1-14(2)26-17-7-3-5-15(11-17)20(25)23-18-8-10-24-19(18)13-27-21(24)16-6-4-9-22-12-16/h3-12,14,21H,13H2,1-2H3,(H,23,25). The number of fused-ring (bicyclic) bond motifs is 1. The van der Waals surface area contributed by atoms with Gasteiger partial charge in [0.1, 0.15) is 11.1 Å². The molecule has 1 aliphatic heterocycles. The molecule has 1 unspecified atom stereocenters. The van der Waals surface area contributed by atoms with Crippen molar-refractivity contribution in [1.82, 2.24) is 9.55 Å². The monoisotopic (exact) mass is 379 g/mol. The predicted molar refractivity (Wildman–Crippen MR) is 108 cm³/mol.